The molecule has 3 heterocycles. The molecule has 230 valence electrons. The number of amides is 2. The SMILES string of the molecule is COc1ccc(CCCNC(=O)C2CN(C(=O)COc3ccccc3)CCN2c2cc(Cl)nc(-n3ccnc3)n2)cc1OC. The number of hydrogen-bond acceptors (Lipinski definition) is 9. The highest BCUT2D eigenvalue weighted by atomic mass is 35.5. The number of para-hydroxylation sites is 1. The van der Waals surface area contributed by atoms with Crippen LogP contribution in [0.1, 0.15) is 12.0 Å². The van der Waals surface area contributed by atoms with Crippen LogP contribution in [0, 0.1) is 0 Å². The Balaban J connectivity index is 1.28. The molecule has 0 bridgehead atoms. The third-order valence-corrected chi connectivity index (χ3v) is 7.42. The Morgan fingerprint density at radius 3 is 2.59 bits per heavy atom. The van der Waals surface area contributed by atoms with Crippen LogP contribution in [0.15, 0.2) is 73.3 Å². The van der Waals surface area contributed by atoms with Crippen LogP contribution in [0.4, 0.5) is 5.82 Å². The van der Waals surface area contributed by atoms with Gasteiger partial charge in [-0.05, 0) is 42.7 Å². The van der Waals surface area contributed by atoms with Crippen LogP contribution in [0.3, 0.4) is 0 Å². The van der Waals surface area contributed by atoms with E-state index >= 15 is 0 Å². The zero-order valence-electron chi connectivity index (χ0n) is 24.6. The molecule has 1 aliphatic heterocycles. The fourth-order valence-electron chi connectivity index (χ4n) is 4.95. The average Bonchev–Trinajstić information content (AvgIpc) is 3.61. The van der Waals surface area contributed by atoms with Crippen LogP contribution in [-0.2, 0) is 16.0 Å². The summed E-state index contributed by atoms with van der Waals surface area (Å²) in [5.74, 6) is 2.30. The van der Waals surface area contributed by atoms with Crippen molar-refractivity contribution in [2.24, 2.45) is 0 Å². The number of carbonyl (C=O) groups is 2. The number of rotatable bonds is 12. The molecule has 0 aliphatic carbocycles. The van der Waals surface area contributed by atoms with Crippen molar-refractivity contribution in [3.63, 3.8) is 0 Å². The minimum atomic E-state index is -0.716. The summed E-state index contributed by atoms with van der Waals surface area (Å²) >= 11 is 6.38. The van der Waals surface area contributed by atoms with Crippen molar-refractivity contribution in [2.45, 2.75) is 18.9 Å². The van der Waals surface area contributed by atoms with Crippen LogP contribution >= 0.6 is 11.6 Å². The Bertz CT molecular complexity index is 1550. The van der Waals surface area contributed by atoms with E-state index in [0.29, 0.717) is 55.1 Å². The number of ether oxygens (including phenoxy) is 3. The van der Waals surface area contributed by atoms with Crippen molar-refractivity contribution in [3.8, 4) is 23.2 Å². The van der Waals surface area contributed by atoms with Gasteiger partial charge in [-0.2, -0.15) is 4.98 Å². The fourth-order valence-corrected chi connectivity index (χ4v) is 5.13. The molecule has 4 aromatic rings. The summed E-state index contributed by atoms with van der Waals surface area (Å²) in [6.07, 6.45) is 6.32. The van der Waals surface area contributed by atoms with E-state index in [1.54, 1.807) is 60.6 Å². The minimum Gasteiger partial charge on any atom is -0.493 e. The van der Waals surface area contributed by atoms with Crippen molar-refractivity contribution >= 4 is 29.2 Å². The molecule has 1 aliphatic rings. The predicted molar refractivity (Wildman–Crippen MR) is 165 cm³/mol. The van der Waals surface area contributed by atoms with Gasteiger partial charge in [-0.25, -0.2) is 9.97 Å². The second kappa shape index (κ2) is 14.6. The summed E-state index contributed by atoms with van der Waals surface area (Å²) in [5.41, 5.74) is 1.06. The number of piperazine rings is 1. The van der Waals surface area contributed by atoms with Crippen molar-refractivity contribution in [1.82, 2.24) is 29.7 Å². The maximum absolute atomic E-state index is 13.7. The van der Waals surface area contributed by atoms with Crippen LogP contribution in [0.5, 0.6) is 17.2 Å². The monoisotopic (exact) mass is 619 g/mol. The number of halogens is 1. The van der Waals surface area contributed by atoms with Crippen molar-refractivity contribution in [2.75, 3.05) is 51.9 Å². The van der Waals surface area contributed by atoms with Gasteiger partial charge in [0.2, 0.25) is 11.9 Å². The van der Waals surface area contributed by atoms with E-state index in [2.05, 4.69) is 20.3 Å². The number of aromatic nitrogens is 4. The van der Waals surface area contributed by atoms with E-state index in [9.17, 15) is 9.59 Å². The molecule has 13 heteroatoms. The van der Waals surface area contributed by atoms with Crippen LogP contribution in [-0.4, -0.2) is 89.3 Å². The zero-order chi connectivity index (χ0) is 30.9. The molecule has 0 saturated carbocycles. The summed E-state index contributed by atoms with van der Waals surface area (Å²) in [7, 11) is 3.20. The number of benzene rings is 2. The normalized spacial score (nSPS) is 14.7. The van der Waals surface area contributed by atoms with Crippen molar-refractivity contribution in [1.29, 1.82) is 0 Å². The molecule has 1 unspecified atom stereocenters. The third-order valence-electron chi connectivity index (χ3n) is 7.23. The third kappa shape index (κ3) is 7.56. The molecule has 12 nitrogen and oxygen atoms in total. The van der Waals surface area contributed by atoms with E-state index in [4.69, 9.17) is 25.8 Å². The summed E-state index contributed by atoms with van der Waals surface area (Å²) in [5, 5.41) is 3.27. The lowest BCUT2D eigenvalue weighted by atomic mass is 10.1. The standard InChI is InChI=1S/C31H34ClN7O5/c1-42-25-11-10-22(17-26(25)43-2)7-6-12-34-30(41)24-19-37(29(40)20-44-23-8-4-3-5-9-23)15-16-39(24)28-18-27(32)35-31(36-28)38-14-13-33-21-38/h3-5,8-11,13-14,17-18,21,24H,6-7,12,15-16,19-20H2,1-2H3,(H,34,41). The minimum absolute atomic E-state index is 0.131. The molecule has 1 atom stereocenters. The second-order valence-corrected chi connectivity index (χ2v) is 10.4. The highest BCUT2D eigenvalue weighted by molar-refractivity contribution is 6.29. The lowest BCUT2D eigenvalue weighted by Gasteiger charge is -2.41. The summed E-state index contributed by atoms with van der Waals surface area (Å²) in [6.45, 7) is 1.20. The van der Waals surface area contributed by atoms with Crippen molar-refractivity contribution in [3.05, 3.63) is 84.0 Å². The maximum Gasteiger partial charge on any atom is 0.260 e. The number of aryl methyl sites for hydroxylation is 1. The topological polar surface area (TPSA) is 124 Å². The Morgan fingerprint density at radius 2 is 1.84 bits per heavy atom. The highest BCUT2D eigenvalue weighted by Gasteiger charge is 2.35. The second-order valence-electron chi connectivity index (χ2n) is 10.1. The largest absolute Gasteiger partial charge is 0.493 e. The number of methoxy groups -OCH3 is 2. The van der Waals surface area contributed by atoms with Gasteiger partial charge in [0, 0.05) is 38.1 Å². The van der Waals surface area contributed by atoms with Crippen molar-refractivity contribution < 1.29 is 23.8 Å². The van der Waals surface area contributed by atoms with Crippen LogP contribution in [0.2, 0.25) is 5.15 Å². The van der Waals surface area contributed by atoms with Gasteiger partial charge in [0.1, 0.15) is 29.1 Å². The molecule has 2 aromatic heterocycles. The molecule has 1 saturated heterocycles. The van der Waals surface area contributed by atoms with Gasteiger partial charge in [-0.3, -0.25) is 14.2 Å². The quantitative estimate of drug-likeness (QED) is 0.188. The summed E-state index contributed by atoms with van der Waals surface area (Å²) < 4.78 is 18.0. The van der Waals surface area contributed by atoms with Gasteiger partial charge in [0.15, 0.2) is 18.1 Å². The first-order valence-electron chi connectivity index (χ1n) is 14.2. The van der Waals surface area contributed by atoms with E-state index in [1.807, 2.05) is 41.3 Å². The Labute approximate surface area is 260 Å². The molecular formula is C31H34ClN7O5. The van der Waals surface area contributed by atoms with Gasteiger partial charge in [-0.1, -0.05) is 35.9 Å². The molecule has 2 aromatic carbocycles. The van der Waals surface area contributed by atoms with E-state index in [1.165, 1.54) is 0 Å². The fraction of sp³-hybridized carbons (Fsp3) is 0.323. The molecule has 0 radical (unpaired) electrons. The Kier molecular flexibility index (Phi) is 10.1. The lowest BCUT2D eigenvalue weighted by Crippen LogP contribution is -2.61. The van der Waals surface area contributed by atoms with Gasteiger partial charge < -0.3 is 29.3 Å². The number of hydrogen-bond donors (Lipinski definition) is 1. The Hall–Kier alpha value is -4.84. The van der Waals surface area contributed by atoms with Crippen LogP contribution in [0.25, 0.3) is 5.95 Å². The van der Waals surface area contributed by atoms with Gasteiger partial charge >= 0.3 is 0 Å². The van der Waals surface area contributed by atoms with E-state index in [-0.39, 0.29) is 30.1 Å². The molecule has 2 amide bonds. The first-order valence-corrected chi connectivity index (χ1v) is 14.6. The summed E-state index contributed by atoms with van der Waals surface area (Å²) in [6, 6.07) is 15.8. The Morgan fingerprint density at radius 1 is 1.02 bits per heavy atom. The molecule has 1 fully saturated rings. The summed E-state index contributed by atoms with van der Waals surface area (Å²) in [4.78, 5) is 43.3. The van der Waals surface area contributed by atoms with E-state index in [0.717, 1.165) is 12.0 Å². The first-order chi connectivity index (χ1) is 21.4. The average molecular weight is 620 g/mol. The number of anilines is 1. The van der Waals surface area contributed by atoms with Gasteiger partial charge in [0.25, 0.3) is 5.91 Å². The first kappa shape index (κ1) is 30.6. The highest BCUT2D eigenvalue weighted by Crippen LogP contribution is 2.28. The lowest BCUT2D eigenvalue weighted by molar-refractivity contribution is -0.135. The molecule has 5 rings (SSSR count). The molecular weight excluding hydrogens is 586 g/mol. The maximum atomic E-state index is 13.7. The van der Waals surface area contributed by atoms with Crippen LogP contribution < -0.4 is 24.4 Å². The molecule has 0 spiro atoms. The predicted octanol–water partition coefficient (Wildman–Crippen LogP) is 3.18. The van der Waals surface area contributed by atoms with Gasteiger partial charge in [-0.15, -0.1) is 0 Å². The number of nitrogens with one attached hydrogen (secondary N) is 1. The smallest absolute Gasteiger partial charge is 0.260 e. The number of imidazole rings is 1. The molecule has 1 N–H and O–H groups in total. The number of nitrogens with zero attached hydrogens (tertiary/aromatic N) is 6. The number of carbonyl (C=O) groups excluding carboxylic acids is 2. The molecule has 44 heavy (non-hydrogen) atoms. The van der Waals surface area contributed by atoms with Gasteiger partial charge in [0.05, 0.1) is 20.8 Å². The zero-order valence-corrected chi connectivity index (χ0v) is 25.3. The van der Waals surface area contributed by atoms with E-state index < -0.39 is 6.04 Å².